The Morgan fingerprint density at radius 3 is 2.67 bits per heavy atom. The fraction of sp³-hybridized carbons (Fsp3) is 1.00. The van der Waals surface area contributed by atoms with Gasteiger partial charge in [0.1, 0.15) is 0 Å². The van der Waals surface area contributed by atoms with Crippen LogP contribution in [0.25, 0.3) is 0 Å². The number of nitrogens with one attached hydrogen (secondary N) is 1. The van der Waals surface area contributed by atoms with Gasteiger partial charge in [0.2, 0.25) is 0 Å². The van der Waals surface area contributed by atoms with Gasteiger partial charge in [-0.2, -0.15) is 0 Å². The maximum atomic E-state index is 9.22. The molecule has 2 aliphatic rings. The highest BCUT2D eigenvalue weighted by Gasteiger charge is 2.42. The Bertz CT molecular complexity index is 224. The maximum Gasteiger partial charge on any atom is 0.0641 e. The third-order valence-corrected chi connectivity index (χ3v) is 3.76. The van der Waals surface area contributed by atoms with Crippen LogP contribution in [0.4, 0.5) is 0 Å². The van der Waals surface area contributed by atoms with E-state index in [2.05, 4.69) is 19.2 Å². The molecule has 0 aromatic heterocycles. The van der Waals surface area contributed by atoms with Gasteiger partial charge in [0, 0.05) is 31.2 Å². The summed E-state index contributed by atoms with van der Waals surface area (Å²) in [7, 11) is 0. The Kier molecular flexibility index (Phi) is 3.06. The van der Waals surface area contributed by atoms with Crippen molar-refractivity contribution in [1.29, 1.82) is 0 Å². The second kappa shape index (κ2) is 4.04. The predicted molar refractivity (Wildman–Crippen MR) is 59.8 cm³/mol. The van der Waals surface area contributed by atoms with Gasteiger partial charge < -0.3 is 15.2 Å². The Hall–Kier alpha value is -0.120. The second-order valence-electron chi connectivity index (χ2n) is 5.84. The van der Waals surface area contributed by atoms with Crippen LogP contribution in [0.5, 0.6) is 0 Å². The van der Waals surface area contributed by atoms with Gasteiger partial charge in [0.05, 0.1) is 5.60 Å². The largest absolute Gasteiger partial charge is 0.396 e. The van der Waals surface area contributed by atoms with Gasteiger partial charge in [-0.1, -0.05) is 0 Å². The zero-order valence-corrected chi connectivity index (χ0v) is 9.88. The first-order valence-corrected chi connectivity index (χ1v) is 6.04. The van der Waals surface area contributed by atoms with E-state index in [0.29, 0.717) is 12.6 Å². The summed E-state index contributed by atoms with van der Waals surface area (Å²) in [6.45, 7) is 6.48. The quantitative estimate of drug-likeness (QED) is 0.740. The third kappa shape index (κ3) is 2.92. The maximum absolute atomic E-state index is 9.22. The summed E-state index contributed by atoms with van der Waals surface area (Å²) in [5.74, 6) is 0. The molecule has 1 aliphatic heterocycles. The molecule has 0 bridgehead atoms. The Labute approximate surface area is 92.2 Å². The van der Waals surface area contributed by atoms with E-state index in [-0.39, 0.29) is 11.0 Å². The van der Waals surface area contributed by atoms with Crippen LogP contribution in [0.15, 0.2) is 0 Å². The molecule has 1 aliphatic carbocycles. The molecule has 0 aromatic carbocycles. The zero-order valence-electron chi connectivity index (χ0n) is 9.88. The highest BCUT2D eigenvalue weighted by Crippen LogP contribution is 2.44. The Balaban J connectivity index is 1.75. The van der Waals surface area contributed by atoms with E-state index in [1.54, 1.807) is 0 Å². The van der Waals surface area contributed by atoms with Crippen LogP contribution in [0.1, 0.15) is 39.5 Å². The molecule has 1 heterocycles. The van der Waals surface area contributed by atoms with Crippen molar-refractivity contribution in [1.82, 2.24) is 5.32 Å². The van der Waals surface area contributed by atoms with Crippen molar-refractivity contribution in [2.45, 2.75) is 51.2 Å². The van der Waals surface area contributed by atoms with Gasteiger partial charge in [-0.15, -0.1) is 0 Å². The first-order chi connectivity index (χ1) is 7.05. The minimum Gasteiger partial charge on any atom is -0.396 e. The molecule has 2 fully saturated rings. The fourth-order valence-corrected chi connectivity index (χ4v) is 2.33. The van der Waals surface area contributed by atoms with Crippen molar-refractivity contribution >= 4 is 0 Å². The monoisotopic (exact) mass is 213 g/mol. The van der Waals surface area contributed by atoms with Crippen molar-refractivity contribution in [2.24, 2.45) is 5.41 Å². The van der Waals surface area contributed by atoms with E-state index in [1.165, 1.54) is 12.8 Å². The van der Waals surface area contributed by atoms with Crippen LogP contribution >= 0.6 is 0 Å². The molecule has 0 radical (unpaired) electrons. The number of aliphatic hydroxyl groups excluding tert-OH is 1. The number of hydrogen-bond donors (Lipinski definition) is 2. The first-order valence-electron chi connectivity index (χ1n) is 6.04. The molecular formula is C12H23NO2. The molecule has 0 aromatic rings. The van der Waals surface area contributed by atoms with E-state index in [1.807, 2.05) is 0 Å². The lowest BCUT2D eigenvalue weighted by molar-refractivity contribution is -0.0635. The summed E-state index contributed by atoms with van der Waals surface area (Å²) in [6, 6.07) is 0.567. The standard InChI is InChI=1S/C12H23NO2/c1-11(2)7-10(3-6-15-11)13-8-12(9-14)4-5-12/h10,13-14H,3-9H2,1-2H3. The molecule has 15 heavy (non-hydrogen) atoms. The number of rotatable bonds is 4. The number of hydrogen-bond acceptors (Lipinski definition) is 3. The lowest BCUT2D eigenvalue weighted by Gasteiger charge is -2.36. The molecule has 2 N–H and O–H groups in total. The smallest absolute Gasteiger partial charge is 0.0641 e. The van der Waals surface area contributed by atoms with Crippen molar-refractivity contribution in [3.63, 3.8) is 0 Å². The topological polar surface area (TPSA) is 41.5 Å². The molecule has 1 atom stereocenters. The summed E-state index contributed by atoms with van der Waals surface area (Å²) in [5.41, 5.74) is 0.244. The molecular weight excluding hydrogens is 190 g/mol. The second-order valence-corrected chi connectivity index (χ2v) is 5.84. The van der Waals surface area contributed by atoms with Crippen molar-refractivity contribution in [2.75, 3.05) is 19.8 Å². The minimum absolute atomic E-state index is 0.0197. The SMILES string of the molecule is CC1(C)CC(NCC2(CO)CC2)CCO1. The van der Waals surface area contributed by atoms with Crippen LogP contribution in [-0.4, -0.2) is 36.5 Å². The van der Waals surface area contributed by atoms with Gasteiger partial charge in [-0.05, 0) is 39.5 Å². The van der Waals surface area contributed by atoms with E-state index >= 15 is 0 Å². The normalized spacial score (nSPS) is 32.6. The van der Waals surface area contributed by atoms with Crippen molar-refractivity contribution in [3.8, 4) is 0 Å². The van der Waals surface area contributed by atoms with Crippen LogP contribution in [0.3, 0.4) is 0 Å². The average molecular weight is 213 g/mol. The fourth-order valence-electron chi connectivity index (χ4n) is 2.33. The highest BCUT2D eigenvalue weighted by atomic mass is 16.5. The molecule has 0 amide bonds. The summed E-state index contributed by atoms with van der Waals surface area (Å²) in [6.07, 6.45) is 4.55. The Morgan fingerprint density at radius 2 is 2.13 bits per heavy atom. The van der Waals surface area contributed by atoms with Crippen LogP contribution in [-0.2, 0) is 4.74 Å². The molecule has 1 saturated heterocycles. The summed E-state index contributed by atoms with van der Waals surface area (Å²) < 4.78 is 5.68. The van der Waals surface area contributed by atoms with Crippen molar-refractivity contribution < 1.29 is 9.84 Å². The molecule has 3 nitrogen and oxygen atoms in total. The van der Waals surface area contributed by atoms with Gasteiger partial charge in [0.25, 0.3) is 0 Å². The van der Waals surface area contributed by atoms with Gasteiger partial charge >= 0.3 is 0 Å². The molecule has 1 saturated carbocycles. The van der Waals surface area contributed by atoms with Crippen LogP contribution in [0.2, 0.25) is 0 Å². The summed E-state index contributed by atoms with van der Waals surface area (Å²) >= 11 is 0. The van der Waals surface area contributed by atoms with Crippen LogP contribution < -0.4 is 5.32 Å². The number of ether oxygens (including phenoxy) is 1. The van der Waals surface area contributed by atoms with E-state index in [4.69, 9.17) is 4.74 Å². The lowest BCUT2D eigenvalue weighted by atomic mass is 9.93. The van der Waals surface area contributed by atoms with Gasteiger partial charge in [-0.25, -0.2) is 0 Å². The minimum atomic E-state index is 0.0197. The number of aliphatic hydroxyl groups is 1. The highest BCUT2D eigenvalue weighted by molar-refractivity contribution is 4.95. The molecule has 0 spiro atoms. The van der Waals surface area contributed by atoms with Crippen molar-refractivity contribution in [3.05, 3.63) is 0 Å². The van der Waals surface area contributed by atoms with E-state index in [9.17, 15) is 5.11 Å². The summed E-state index contributed by atoms with van der Waals surface area (Å²) in [5, 5.41) is 12.8. The predicted octanol–water partition coefficient (Wildman–Crippen LogP) is 1.31. The lowest BCUT2D eigenvalue weighted by Crippen LogP contribution is -2.45. The zero-order chi connectivity index (χ0) is 10.9. The third-order valence-electron chi connectivity index (χ3n) is 3.76. The van der Waals surface area contributed by atoms with Gasteiger partial charge in [-0.3, -0.25) is 0 Å². The molecule has 88 valence electrons. The summed E-state index contributed by atoms with van der Waals surface area (Å²) in [4.78, 5) is 0. The Morgan fingerprint density at radius 1 is 1.40 bits per heavy atom. The van der Waals surface area contributed by atoms with Crippen LogP contribution in [0, 0.1) is 5.41 Å². The average Bonchev–Trinajstić information content (AvgIpc) is 2.94. The van der Waals surface area contributed by atoms with Gasteiger partial charge in [0.15, 0.2) is 0 Å². The molecule has 3 heteroatoms. The molecule has 1 unspecified atom stereocenters. The first kappa shape index (κ1) is 11.4. The van der Waals surface area contributed by atoms with E-state index in [0.717, 1.165) is 26.0 Å². The van der Waals surface area contributed by atoms with E-state index < -0.39 is 0 Å². The molecule has 2 rings (SSSR count).